The van der Waals surface area contributed by atoms with Crippen LogP contribution in [0.5, 0.6) is 0 Å². The fraction of sp³-hybridized carbons (Fsp3) is 0.300. The molecule has 2 aromatic rings. The lowest BCUT2D eigenvalue weighted by Crippen LogP contribution is -2.51. The molecule has 0 saturated carbocycles. The molecule has 0 spiro atoms. The van der Waals surface area contributed by atoms with E-state index in [-0.39, 0.29) is 24.5 Å². The van der Waals surface area contributed by atoms with Gasteiger partial charge in [0.1, 0.15) is 19.3 Å². The van der Waals surface area contributed by atoms with Gasteiger partial charge in [-0.3, -0.25) is 0 Å². The second kappa shape index (κ2) is 9.32. The van der Waals surface area contributed by atoms with Crippen LogP contribution in [0.15, 0.2) is 60.7 Å². The summed E-state index contributed by atoms with van der Waals surface area (Å²) in [7, 11) is 0. The van der Waals surface area contributed by atoms with E-state index in [2.05, 4.69) is 17.6 Å². The number of nitrogens with zero attached hydrogens (tertiary/aromatic N) is 1. The van der Waals surface area contributed by atoms with E-state index in [9.17, 15) is 9.59 Å². The van der Waals surface area contributed by atoms with Crippen LogP contribution >= 0.6 is 11.8 Å². The highest BCUT2D eigenvalue weighted by atomic mass is 32.2. The molecular weight excluding hydrogens is 364 g/mol. The zero-order chi connectivity index (χ0) is 19.1. The number of carbonyl (C=O) groups excluding carboxylic acids is 2. The van der Waals surface area contributed by atoms with Crippen LogP contribution in [0.3, 0.4) is 0 Å². The van der Waals surface area contributed by atoms with Gasteiger partial charge in [-0.25, -0.2) is 20.0 Å². The van der Waals surface area contributed by atoms with Crippen LogP contribution in [0.25, 0.3) is 0 Å². The Hall–Kier alpha value is -2.67. The van der Waals surface area contributed by atoms with Crippen molar-refractivity contribution >= 4 is 23.9 Å². The first-order chi connectivity index (χ1) is 13.1. The minimum atomic E-state index is -0.678. The number of nitrogens with one attached hydrogen (secondary N) is 1. The van der Waals surface area contributed by atoms with E-state index in [0.717, 1.165) is 11.3 Å². The summed E-state index contributed by atoms with van der Waals surface area (Å²) in [6, 6.07) is 19.2. The number of thioether (sulfide) groups is 1. The predicted octanol–water partition coefficient (Wildman–Crippen LogP) is 3.97. The molecule has 2 aromatic carbocycles. The molecule has 1 N–H and O–H groups in total. The Morgan fingerprint density at radius 1 is 1.19 bits per heavy atom. The lowest BCUT2D eigenvalue weighted by molar-refractivity contribution is 0.0992. The maximum Gasteiger partial charge on any atom is 0.429 e. The number of ether oxygens (including phenoxy) is 2. The van der Waals surface area contributed by atoms with Gasteiger partial charge >= 0.3 is 12.2 Å². The van der Waals surface area contributed by atoms with Gasteiger partial charge in [0, 0.05) is 11.0 Å². The molecule has 1 saturated heterocycles. The molecule has 27 heavy (non-hydrogen) atoms. The molecular formula is C20H22N2O4S. The van der Waals surface area contributed by atoms with Crippen LogP contribution in [0.2, 0.25) is 0 Å². The number of cyclic esters (lactones) is 1. The second-order valence-corrected chi connectivity index (χ2v) is 7.56. The second-order valence-electron chi connectivity index (χ2n) is 6.19. The normalized spacial score (nSPS) is 17.3. The van der Waals surface area contributed by atoms with E-state index < -0.39 is 12.2 Å². The van der Waals surface area contributed by atoms with E-state index in [0.29, 0.717) is 0 Å². The number of hydrogen-bond donors (Lipinski definition) is 1. The number of carbonyl (C=O) groups is 2. The highest BCUT2D eigenvalue weighted by molar-refractivity contribution is 7.99. The number of hydrogen-bond acceptors (Lipinski definition) is 5. The number of rotatable bonds is 7. The average molecular weight is 386 g/mol. The van der Waals surface area contributed by atoms with Crippen LogP contribution < -0.4 is 5.43 Å². The molecule has 2 atom stereocenters. The lowest BCUT2D eigenvalue weighted by atomic mass is 10.2. The first-order valence-electron chi connectivity index (χ1n) is 8.72. The zero-order valence-electron chi connectivity index (χ0n) is 15.0. The van der Waals surface area contributed by atoms with Crippen molar-refractivity contribution in [3.8, 4) is 0 Å². The molecule has 6 nitrogen and oxygen atoms in total. The Morgan fingerprint density at radius 2 is 1.81 bits per heavy atom. The predicted molar refractivity (Wildman–Crippen MR) is 104 cm³/mol. The van der Waals surface area contributed by atoms with E-state index >= 15 is 0 Å². The van der Waals surface area contributed by atoms with Gasteiger partial charge in [0.05, 0.1) is 0 Å². The Morgan fingerprint density at radius 3 is 2.48 bits per heavy atom. The molecule has 0 aliphatic carbocycles. The Balaban J connectivity index is 1.51. The largest absolute Gasteiger partial charge is 0.446 e. The highest BCUT2D eigenvalue weighted by Crippen LogP contribution is 2.25. The standard InChI is InChI=1S/C20H22N2O4S/c1-15(27-14-17-10-6-3-7-11-17)18-13-26-20(24)22(18)21-19(23)25-12-16-8-4-2-5-9-16/h2-11,15,18H,12-14H2,1H3,(H,21,23)/t15-,18?/m1/s1. The third kappa shape index (κ3) is 5.40. The third-order valence-corrected chi connectivity index (χ3v) is 5.57. The van der Waals surface area contributed by atoms with Crippen LogP contribution in [0.4, 0.5) is 9.59 Å². The van der Waals surface area contributed by atoms with Gasteiger partial charge in [-0.15, -0.1) is 0 Å². The first-order valence-corrected chi connectivity index (χ1v) is 9.77. The van der Waals surface area contributed by atoms with E-state index in [1.807, 2.05) is 55.5 Å². The van der Waals surface area contributed by atoms with Crippen molar-refractivity contribution in [2.24, 2.45) is 0 Å². The van der Waals surface area contributed by atoms with Gasteiger partial charge < -0.3 is 9.47 Å². The van der Waals surface area contributed by atoms with Crippen LogP contribution in [-0.4, -0.2) is 35.1 Å². The van der Waals surface area contributed by atoms with Gasteiger partial charge in [0.15, 0.2) is 0 Å². The summed E-state index contributed by atoms with van der Waals surface area (Å²) in [5.41, 5.74) is 4.60. The van der Waals surface area contributed by atoms with Crippen LogP contribution in [0, 0.1) is 0 Å². The minimum Gasteiger partial charge on any atom is -0.446 e. The molecule has 1 heterocycles. The minimum absolute atomic E-state index is 0.0751. The summed E-state index contributed by atoms with van der Waals surface area (Å²) in [6.45, 7) is 2.39. The highest BCUT2D eigenvalue weighted by Gasteiger charge is 2.38. The average Bonchev–Trinajstić information content (AvgIpc) is 3.06. The molecule has 1 aliphatic heterocycles. The van der Waals surface area contributed by atoms with E-state index in [1.165, 1.54) is 10.6 Å². The van der Waals surface area contributed by atoms with Gasteiger partial charge in [-0.05, 0) is 11.1 Å². The SMILES string of the molecule is C[C@@H](SCc1ccccc1)C1COC(=O)N1NC(=O)OCc1ccccc1. The molecule has 0 radical (unpaired) electrons. The van der Waals surface area contributed by atoms with Gasteiger partial charge in [0.2, 0.25) is 0 Å². The molecule has 7 heteroatoms. The molecule has 2 amide bonds. The van der Waals surface area contributed by atoms with E-state index in [1.54, 1.807) is 11.8 Å². The summed E-state index contributed by atoms with van der Waals surface area (Å²) < 4.78 is 10.3. The number of amides is 2. The molecule has 1 aliphatic rings. The summed E-state index contributed by atoms with van der Waals surface area (Å²) in [5, 5.41) is 1.31. The quantitative estimate of drug-likeness (QED) is 0.780. The smallest absolute Gasteiger partial charge is 0.429 e. The summed E-state index contributed by atoms with van der Waals surface area (Å²) in [6.07, 6.45) is -1.24. The van der Waals surface area contributed by atoms with Crippen molar-refractivity contribution in [3.05, 3.63) is 71.8 Å². The summed E-state index contributed by atoms with van der Waals surface area (Å²) in [5.74, 6) is 0.818. The monoisotopic (exact) mass is 386 g/mol. The Bertz CT molecular complexity index is 757. The molecule has 142 valence electrons. The Kier molecular flexibility index (Phi) is 6.59. The third-order valence-electron chi connectivity index (χ3n) is 4.23. The van der Waals surface area contributed by atoms with Crippen molar-refractivity contribution in [3.63, 3.8) is 0 Å². The number of hydrazine groups is 1. The van der Waals surface area contributed by atoms with Crippen molar-refractivity contribution in [2.75, 3.05) is 6.61 Å². The van der Waals surface area contributed by atoms with Gasteiger partial charge in [-0.2, -0.15) is 11.8 Å². The van der Waals surface area contributed by atoms with Gasteiger partial charge in [0.25, 0.3) is 0 Å². The summed E-state index contributed by atoms with van der Waals surface area (Å²) >= 11 is 1.70. The van der Waals surface area contributed by atoms with Gasteiger partial charge in [-0.1, -0.05) is 67.6 Å². The van der Waals surface area contributed by atoms with Crippen molar-refractivity contribution in [1.82, 2.24) is 10.4 Å². The molecule has 0 bridgehead atoms. The van der Waals surface area contributed by atoms with Crippen molar-refractivity contribution in [2.45, 2.75) is 30.6 Å². The maximum atomic E-state index is 12.1. The first kappa shape index (κ1) is 19.1. The Labute approximate surface area is 162 Å². The molecule has 1 unspecified atom stereocenters. The molecule has 1 fully saturated rings. The maximum absolute atomic E-state index is 12.1. The zero-order valence-corrected chi connectivity index (χ0v) is 15.9. The fourth-order valence-electron chi connectivity index (χ4n) is 2.68. The lowest BCUT2D eigenvalue weighted by Gasteiger charge is -2.26. The molecule has 3 rings (SSSR count). The summed E-state index contributed by atoms with van der Waals surface area (Å²) in [4.78, 5) is 24.1. The fourth-order valence-corrected chi connectivity index (χ4v) is 3.75. The van der Waals surface area contributed by atoms with E-state index in [4.69, 9.17) is 9.47 Å². The number of benzene rings is 2. The van der Waals surface area contributed by atoms with Crippen molar-refractivity contribution < 1.29 is 19.1 Å². The van der Waals surface area contributed by atoms with Crippen molar-refractivity contribution in [1.29, 1.82) is 0 Å². The van der Waals surface area contributed by atoms with Crippen LogP contribution in [-0.2, 0) is 21.8 Å². The van der Waals surface area contributed by atoms with Crippen LogP contribution in [0.1, 0.15) is 18.1 Å². The topological polar surface area (TPSA) is 67.9 Å². The molecule has 0 aromatic heterocycles.